The molecule has 0 aromatic heterocycles. The predicted molar refractivity (Wildman–Crippen MR) is 303 cm³/mol. The van der Waals surface area contributed by atoms with Crippen LogP contribution in [0.2, 0.25) is 0 Å². The molecule has 0 aromatic rings. The lowest BCUT2D eigenvalue weighted by Crippen LogP contribution is -2.70. The number of aliphatic hydroxyl groups excluding tert-OH is 12. The fourth-order valence-corrected chi connectivity index (χ4v) is 11.3. The summed E-state index contributed by atoms with van der Waals surface area (Å²) in [7, 11) is 0. The van der Waals surface area contributed by atoms with Gasteiger partial charge in [-0.15, -0.1) is 0 Å². The summed E-state index contributed by atoms with van der Waals surface area (Å²) in [4.78, 5) is 38.4. The van der Waals surface area contributed by atoms with Crippen molar-refractivity contribution in [2.45, 2.75) is 329 Å². The van der Waals surface area contributed by atoms with E-state index in [0.29, 0.717) is 12.8 Å². The Hall–Kier alpha value is -2.31. The smallest absolute Gasteiger partial charge is 0.364 e. The topological polar surface area (TPSA) is 394 Å². The Kier molecular flexibility index (Phi) is 37.7. The van der Waals surface area contributed by atoms with Gasteiger partial charge in [0.25, 0.3) is 5.79 Å². The van der Waals surface area contributed by atoms with Crippen molar-refractivity contribution in [2.75, 3.05) is 26.4 Å². The van der Waals surface area contributed by atoms with Crippen LogP contribution >= 0.6 is 0 Å². The molecule has 19 unspecified atom stereocenters. The molecule has 83 heavy (non-hydrogen) atoms. The van der Waals surface area contributed by atoms with E-state index in [1.807, 2.05) is 0 Å². The molecular formula is C59H110N2O22. The third-order valence-corrected chi connectivity index (χ3v) is 16.4. The Morgan fingerprint density at radius 3 is 1.54 bits per heavy atom. The van der Waals surface area contributed by atoms with E-state index in [2.05, 4.69) is 24.5 Å². The van der Waals surface area contributed by atoms with Crippen LogP contribution in [0.4, 0.5) is 0 Å². The van der Waals surface area contributed by atoms with Gasteiger partial charge in [-0.1, -0.05) is 181 Å². The van der Waals surface area contributed by atoms with Gasteiger partial charge in [0.1, 0.15) is 73.2 Å². The molecule has 0 bridgehead atoms. The minimum atomic E-state index is -3.09. The zero-order valence-electron chi connectivity index (χ0n) is 49.9. The van der Waals surface area contributed by atoms with Crippen LogP contribution in [0.3, 0.4) is 0 Å². The lowest BCUT2D eigenvalue weighted by atomic mass is 9.88. The normalized spacial score (nSPS) is 30.3. The molecule has 3 fully saturated rings. The first-order chi connectivity index (χ1) is 39.8. The highest BCUT2D eigenvalue weighted by molar-refractivity contribution is 5.77. The minimum absolute atomic E-state index is 0.141. The number of amides is 2. The Balaban J connectivity index is 1.67. The molecule has 0 aromatic carbocycles. The SMILES string of the molecule is CCCCCCCCCCCCCCCCCC(=O)NC(COC1OC(CO)C(OC2OC(CO)C(O)C(OC3(C(=O)O)CC(O)C(NC(C)=O)C(C(O)C(O)CO)O3)C2O)C(O)C1O)C(O)C(O)CCCCCCCCCCCCCC. The fraction of sp³-hybridized carbons (Fsp3) is 0.949. The summed E-state index contributed by atoms with van der Waals surface area (Å²) in [6.07, 6.45) is -0.373. The van der Waals surface area contributed by atoms with Crippen molar-refractivity contribution in [3.05, 3.63) is 0 Å². The van der Waals surface area contributed by atoms with E-state index >= 15 is 0 Å². The van der Waals surface area contributed by atoms with E-state index in [-0.39, 0.29) is 12.8 Å². The van der Waals surface area contributed by atoms with Crippen molar-refractivity contribution >= 4 is 17.8 Å². The van der Waals surface area contributed by atoms with Gasteiger partial charge in [0.05, 0.1) is 50.7 Å². The molecule has 0 aliphatic carbocycles. The van der Waals surface area contributed by atoms with E-state index in [0.717, 1.165) is 58.3 Å². The quantitative estimate of drug-likeness (QED) is 0.0389. The van der Waals surface area contributed by atoms with E-state index < -0.39 is 167 Å². The number of hydrogen-bond acceptors (Lipinski definition) is 21. The Bertz CT molecular complexity index is 1730. The molecule has 0 radical (unpaired) electrons. The van der Waals surface area contributed by atoms with Gasteiger partial charge in [-0.25, -0.2) is 4.79 Å². The van der Waals surface area contributed by atoms with Crippen LogP contribution in [0.5, 0.6) is 0 Å². The van der Waals surface area contributed by atoms with E-state index in [1.54, 1.807) is 0 Å². The number of carbonyl (C=O) groups is 3. The van der Waals surface area contributed by atoms with Crippen LogP contribution in [0.25, 0.3) is 0 Å². The second kappa shape index (κ2) is 41.8. The van der Waals surface area contributed by atoms with Crippen LogP contribution in [-0.4, -0.2) is 227 Å². The average molecular weight is 1200 g/mol. The van der Waals surface area contributed by atoms with E-state index in [1.165, 1.54) is 109 Å². The standard InChI is InChI=1S/C59H110N2O22/c1-4-6-8-10-12-14-16-18-19-20-22-24-26-28-30-32-45(69)61-39(47(70)40(66)31-29-27-25-23-21-17-15-13-11-9-7-5-2)37-78-56-51(74)50(73)53(44(36-64)80-56)81-57-52(75)55(49(72)43(35-63)79-57)83-59(58(76)77)33-41(67)46(60-38(3)65)54(82-59)48(71)42(68)34-62/h39-44,46-57,62-64,66-68,70-75H,4-37H2,1-3H3,(H,60,65)(H,61,69)(H,76,77). The summed E-state index contributed by atoms with van der Waals surface area (Å²) >= 11 is 0. The zero-order valence-corrected chi connectivity index (χ0v) is 49.9. The average Bonchev–Trinajstić information content (AvgIpc) is 3.64. The van der Waals surface area contributed by atoms with Crippen molar-refractivity contribution in [1.29, 1.82) is 0 Å². The molecule has 3 aliphatic heterocycles. The van der Waals surface area contributed by atoms with Gasteiger partial charge >= 0.3 is 5.97 Å². The molecule has 24 nitrogen and oxygen atoms in total. The first kappa shape index (κ1) is 74.9. The number of ether oxygens (including phenoxy) is 6. The maximum Gasteiger partial charge on any atom is 0.364 e. The van der Waals surface area contributed by atoms with Crippen molar-refractivity contribution in [3.63, 3.8) is 0 Å². The maximum absolute atomic E-state index is 13.4. The number of rotatable bonds is 46. The van der Waals surface area contributed by atoms with Gasteiger partial charge in [0.15, 0.2) is 12.6 Å². The molecule has 3 saturated heterocycles. The number of hydrogen-bond donors (Lipinski definition) is 15. The molecule has 3 rings (SSSR count). The Morgan fingerprint density at radius 2 is 1.07 bits per heavy atom. The second-order valence-corrected chi connectivity index (χ2v) is 23.4. The molecule has 0 saturated carbocycles. The van der Waals surface area contributed by atoms with Crippen LogP contribution in [-0.2, 0) is 42.8 Å². The molecule has 15 N–H and O–H groups in total. The van der Waals surface area contributed by atoms with Crippen molar-refractivity contribution in [1.82, 2.24) is 10.6 Å². The van der Waals surface area contributed by atoms with Gasteiger partial charge in [-0.05, 0) is 12.8 Å². The summed E-state index contributed by atoms with van der Waals surface area (Å²) in [5, 5.41) is 147. The number of carboxylic acids is 1. The molecule has 3 heterocycles. The highest BCUT2D eigenvalue weighted by Gasteiger charge is 2.60. The van der Waals surface area contributed by atoms with Crippen molar-refractivity contribution < 1.29 is 109 Å². The number of aliphatic hydroxyl groups is 12. The van der Waals surface area contributed by atoms with Gasteiger partial charge in [-0.2, -0.15) is 0 Å². The number of carboxylic acid groups (broad SMARTS) is 1. The third-order valence-electron chi connectivity index (χ3n) is 16.4. The lowest BCUT2D eigenvalue weighted by molar-refractivity contribution is -0.386. The molecule has 0 spiro atoms. The lowest BCUT2D eigenvalue weighted by Gasteiger charge is -2.50. The minimum Gasteiger partial charge on any atom is -0.477 e. The first-order valence-electron chi connectivity index (χ1n) is 31.5. The van der Waals surface area contributed by atoms with Crippen LogP contribution in [0, 0.1) is 0 Å². The number of unbranched alkanes of at least 4 members (excludes halogenated alkanes) is 25. The molecule has 19 atom stereocenters. The van der Waals surface area contributed by atoms with Gasteiger partial charge in [-0.3, -0.25) is 9.59 Å². The number of nitrogens with one attached hydrogen (secondary N) is 2. The summed E-state index contributed by atoms with van der Waals surface area (Å²) in [5.41, 5.74) is 0. The van der Waals surface area contributed by atoms with Crippen molar-refractivity contribution in [3.8, 4) is 0 Å². The van der Waals surface area contributed by atoms with Gasteiger partial charge < -0.3 is 105 Å². The number of aliphatic carboxylic acids is 1. The van der Waals surface area contributed by atoms with Crippen LogP contribution in [0.15, 0.2) is 0 Å². The molecule has 2 amide bonds. The monoisotopic (exact) mass is 1200 g/mol. The largest absolute Gasteiger partial charge is 0.477 e. The Labute approximate surface area is 491 Å². The maximum atomic E-state index is 13.4. The summed E-state index contributed by atoms with van der Waals surface area (Å²) in [6.45, 7) is 1.91. The molecule has 488 valence electrons. The summed E-state index contributed by atoms with van der Waals surface area (Å²) in [6, 6.07) is -2.81. The summed E-state index contributed by atoms with van der Waals surface area (Å²) in [5.74, 6) is -6.25. The van der Waals surface area contributed by atoms with Gasteiger partial charge in [0.2, 0.25) is 11.8 Å². The highest BCUT2D eigenvalue weighted by atomic mass is 16.8. The predicted octanol–water partition coefficient (Wildman–Crippen LogP) is 2.36. The highest BCUT2D eigenvalue weighted by Crippen LogP contribution is 2.38. The molecule has 24 heteroatoms. The number of carbonyl (C=O) groups excluding carboxylic acids is 2. The molecular weight excluding hydrogens is 1090 g/mol. The molecule has 3 aliphatic rings. The zero-order chi connectivity index (χ0) is 61.3. The van der Waals surface area contributed by atoms with Crippen molar-refractivity contribution in [2.24, 2.45) is 0 Å². The Morgan fingerprint density at radius 1 is 0.590 bits per heavy atom. The van der Waals surface area contributed by atoms with E-state index in [4.69, 9.17) is 28.4 Å². The summed E-state index contributed by atoms with van der Waals surface area (Å²) < 4.78 is 34.6. The van der Waals surface area contributed by atoms with Crippen LogP contribution in [0.1, 0.15) is 213 Å². The fourth-order valence-electron chi connectivity index (χ4n) is 11.3. The van der Waals surface area contributed by atoms with Gasteiger partial charge in [0, 0.05) is 19.8 Å². The third kappa shape index (κ3) is 25.7. The van der Waals surface area contributed by atoms with E-state index in [9.17, 15) is 80.8 Å². The second-order valence-electron chi connectivity index (χ2n) is 23.4. The van der Waals surface area contributed by atoms with Crippen LogP contribution < -0.4 is 10.6 Å². The first-order valence-corrected chi connectivity index (χ1v) is 31.5.